The van der Waals surface area contributed by atoms with E-state index in [1.54, 1.807) is 18.6 Å². The average Bonchev–Trinajstić information content (AvgIpc) is 3.12. The first kappa shape index (κ1) is 17.3. The second-order valence-corrected chi connectivity index (χ2v) is 7.08. The summed E-state index contributed by atoms with van der Waals surface area (Å²) < 4.78 is 0. The van der Waals surface area contributed by atoms with Crippen LogP contribution in [-0.4, -0.2) is 58.0 Å². The number of aromatic amines is 1. The van der Waals surface area contributed by atoms with Gasteiger partial charge in [0.05, 0.1) is 11.3 Å². The Bertz CT molecular complexity index is 942. The van der Waals surface area contributed by atoms with E-state index in [-0.39, 0.29) is 5.91 Å². The molecule has 1 aliphatic rings. The quantitative estimate of drug-likeness (QED) is 0.744. The number of carbonyl (C=O) groups excluding carboxylic acids is 1. The van der Waals surface area contributed by atoms with Crippen LogP contribution in [0.15, 0.2) is 43.0 Å². The molecule has 0 unspecified atom stereocenters. The Morgan fingerprint density at radius 2 is 2.00 bits per heavy atom. The number of piperazine rings is 1. The number of carbonyl (C=O) groups is 1. The first-order chi connectivity index (χ1) is 13.1. The zero-order valence-electron chi connectivity index (χ0n) is 15.6. The first-order valence-electron chi connectivity index (χ1n) is 9.30. The standard InChI is InChI=1S/C20H24N6O/c1-14(2)24-18-4-3-6-22-19(18)25-8-10-26(11-9-25)20(27)16-13-23-17-5-7-21-12-15(16)17/h3-7,12-14,23-24H,8-11H2,1-2H3. The van der Waals surface area contributed by atoms with Crippen LogP contribution in [0.1, 0.15) is 24.2 Å². The van der Waals surface area contributed by atoms with Gasteiger partial charge in [-0.3, -0.25) is 9.78 Å². The van der Waals surface area contributed by atoms with Crippen LogP contribution < -0.4 is 10.2 Å². The number of hydrogen-bond donors (Lipinski definition) is 2. The van der Waals surface area contributed by atoms with Crippen LogP contribution in [0.5, 0.6) is 0 Å². The summed E-state index contributed by atoms with van der Waals surface area (Å²) in [6.07, 6.45) is 7.07. The summed E-state index contributed by atoms with van der Waals surface area (Å²) in [5.41, 5.74) is 2.66. The lowest BCUT2D eigenvalue weighted by atomic mass is 10.1. The Morgan fingerprint density at radius 3 is 2.78 bits per heavy atom. The Kier molecular flexibility index (Phi) is 4.66. The molecule has 0 atom stereocenters. The maximum absolute atomic E-state index is 13.0. The molecule has 27 heavy (non-hydrogen) atoms. The number of aromatic nitrogens is 3. The molecule has 0 aromatic carbocycles. The molecule has 4 heterocycles. The number of rotatable bonds is 4. The predicted molar refractivity (Wildman–Crippen MR) is 107 cm³/mol. The van der Waals surface area contributed by atoms with Gasteiger partial charge in [0.2, 0.25) is 0 Å². The van der Waals surface area contributed by atoms with Crippen molar-refractivity contribution in [3.63, 3.8) is 0 Å². The van der Waals surface area contributed by atoms with E-state index >= 15 is 0 Å². The van der Waals surface area contributed by atoms with Crippen LogP contribution in [-0.2, 0) is 0 Å². The Hall–Kier alpha value is -3.09. The van der Waals surface area contributed by atoms with Crippen LogP contribution in [0, 0.1) is 0 Å². The summed E-state index contributed by atoms with van der Waals surface area (Å²) in [5, 5.41) is 4.32. The lowest BCUT2D eigenvalue weighted by Gasteiger charge is -2.36. The fraction of sp³-hybridized carbons (Fsp3) is 0.350. The van der Waals surface area contributed by atoms with Gasteiger partial charge in [0.15, 0.2) is 5.82 Å². The molecule has 1 amide bonds. The zero-order valence-corrected chi connectivity index (χ0v) is 15.6. The second-order valence-electron chi connectivity index (χ2n) is 7.08. The van der Waals surface area contributed by atoms with E-state index in [1.807, 2.05) is 23.2 Å². The SMILES string of the molecule is CC(C)Nc1cccnc1N1CCN(C(=O)c2c[nH]c3ccncc23)CC1. The fourth-order valence-corrected chi connectivity index (χ4v) is 3.50. The third-order valence-corrected chi connectivity index (χ3v) is 4.81. The Morgan fingerprint density at radius 1 is 1.19 bits per heavy atom. The van der Waals surface area contributed by atoms with Crippen molar-refractivity contribution in [2.24, 2.45) is 0 Å². The van der Waals surface area contributed by atoms with Crippen molar-refractivity contribution in [1.29, 1.82) is 0 Å². The smallest absolute Gasteiger partial charge is 0.256 e. The lowest BCUT2D eigenvalue weighted by molar-refractivity contribution is 0.0748. The van der Waals surface area contributed by atoms with Crippen molar-refractivity contribution in [1.82, 2.24) is 19.9 Å². The maximum Gasteiger partial charge on any atom is 0.256 e. The van der Waals surface area contributed by atoms with Crippen LogP contribution in [0.3, 0.4) is 0 Å². The van der Waals surface area contributed by atoms with Crippen LogP contribution in [0.25, 0.3) is 10.9 Å². The van der Waals surface area contributed by atoms with Gasteiger partial charge in [0.1, 0.15) is 0 Å². The molecule has 140 valence electrons. The summed E-state index contributed by atoms with van der Waals surface area (Å²) >= 11 is 0. The van der Waals surface area contributed by atoms with Crippen LogP contribution in [0.2, 0.25) is 0 Å². The largest absolute Gasteiger partial charge is 0.380 e. The molecule has 2 N–H and O–H groups in total. The molecule has 1 saturated heterocycles. The zero-order chi connectivity index (χ0) is 18.8. The second kappa shape index (κ2) is 7.26. The number of pyridine rings is 2. The van der Waals surface area contributed by atoms with E-state index in [9.17, 15) is 4.79 Å². The molecule has 7 heteroatoms. The van der Waals surface area contributed by atoms with E-state index < -0.39 is 0 Å². The van der Waals surface area contributed by atoms with Gasteiger partial charge in [-0.1, -0.05) is 0 Å². The van der Waals surface area contributed by atoms with Crippen molar-refractivity contribution in [3.8, 4) is 0 Å². The number of H-pyrrole nitrogens is 1. The van der Waals surface area contributed by atoms with E-state index in [0.717, 1.165) is 35.5 Å². The van der Waals surface area contributed by atoms with Gasteiger partial charge in [-0.2, -0.15) is 0 Å². The number of nitrogens with one attached hydrogen (secondary N) is 2. The molecule has 0 bridgehead atoms. The van der Waals surface area contributed by atoms with Crippen molar-refractivity contribution in [3.05, 3.63) is 48.5 Å². The number of nitrogens with zero attached hydrogens (tertiary/aromatic N) is 4. The molecule has 3 aromatic rings. The van der Waals surface area contributed by atoms with Crippen LogP contribution >= 0.6 is 0 Å². The van der Waals surface area contributed by atoms with E-state index in [0.29, 0.717) is 24.7 Å². The number of anilines is 2. The first-order valence-corrected chi connectivity index (χ1v) is 9.30. The molecule has 0 saturated carbocycles. The van der Waals surface area contributed by atoms with Gasteiger partial charge >= 0.3 is 0 Å². The van der Waals surface area contributed by atoms with E-state index in [4.69, 9.17) is 0 Å². The molecule has 1 fully saturated rings. The normalized spacial score (nSPS) is 14.8. The third-order valence-electron chi connectivity index (χ3n) is 4.81. The monoisotopic (exact) mass is 364 g/mol. The molecule has 1 aliphatic heterocycles. The van der Waals surface area contributed by atoms with Crippen molar-refractivity contribution < 1.29 is 4.79 Å². The minimum atomic E-state index is 0.0513. The van der Waals surface area contributed by atoms with Gasteiger partial charge in [-0.25, -0.2) is 4.98 Å². The van der Waals surface area contributed by atoms with Gasteiger partial charge in [0.25, 0.3) is 5.91 Å². The topological polar surface area (TPSA) is 77.2 Å². The highest BCUT2D eigenvalue weighted by molar-refractivity contribution is 6.06. The highest BCUT2D eigenvalue weighted by atomic mass is 16.2. The molecule has 0 spiro atoms. The predicted octanol–water partition coefficient (Wildman–Crippen LogP) is 2.74. The van der Waals surface area contributed by atoms with Crippen molar-refractivity contribution >= 4 is 28.3 Å². The van der Waals surface area contributed by atoms with Crippen molar-refractivity contribution in [2.75, 3.05) is 36.4 Å². The number of hydrogen-bond acceptors (Lipinski definition) is 5. The summed E-state index contributed by atoms with van der Waals surface area (Å²) in [7, 11) is 0. The maximum atomic E-state index is 13.0. The molecule has 3 aromatic heterocycles. The molecule has 7 nitrogen and oxygen atoms in total. The summed E-state index contributed by atoms with van der Waals surface area (Å²) in [6.45, 7) is 7.09. The molecule has 4 rings (SSSR count). The molecule has 0 radical (unpaired) electrons. The molecular weight excluding hydrogens is 340 g/mol. The van der Waals surface area contributed by atoms with Crippen molar-refractivity contribution in [2.45, 2.75) is 19.9 Å². The van der Waals surface area contributed by atoms with E-state index in [2.05, 4.69) is 45.1 Å². The Labute approximate surface area is 158 Å². The van der Waals surface area contributed by atoms with Gasteiger partial charge in [-0.15, -0.1) is 0 Å². The minimum Gasteiger partial charge on any atom is -0.380 e. The molecule has 0 aliphatic carbocycles. The van der Waals surface area contributed by atoms with Gasteiger partial charge in [0, 0.05) is 67.9 Å². The molecular formula is C20H24N6O. The van der Waals surface area contributed by atoms with Gasteiger partial charge in [-0.05, 0) is 32.0 Å². The highest BCUT2D eigenvalue weighted by Crippen LogP contribution is 2.25. The average molecular weight is 364 g/mol. The summed E-state index contributed by atoms with van der Waals surface area (Å²) in [4.78, 5) is 29.0. The lowest BCUT2D eigenvalue weighted by Crippen LogP contribution is -2.49. The Balaban J connectivity index is 1.47. The summed E-state index contributed by atoms with van der Waals surface area (Å²) in [6, 6.07) is 6.22. The highest BCUT2D eigenvalue weighted by Gasteiger charge is 2.25. The minimum absolute atomic E-state index is 0.0513. The van der Waals surface area contributed by atoms with E-state index in [1.165, 1.54) is 0 Å². The fourth-order valence-electron chi connectivity index (χ4n) is 3.50. The van der Waals surface area contributed by atoms with Gasteiger partial charge < -0.3 is 20.1 Å². The van der Waals surface area contributed by atoms with Crippen LogP contribution in [0.4, 0.5) is 11.5 Å². The number of fused-ring (bicyclic) bond motifs is 1. The third kappa shape index (κ3) is 3.45. The number of amides is 1. The summed E-state index contributed by atoms with van der Waals surface area (Å²) in [5.74, 6) is 1.00.